The maximum atomic E-state index is 12.1. The van der Waals surface area contributed by atoms with Crippen LogP contribution in [0.2, 0.25) is 0 Å². The fraction of sp³-hybridized carbons (Fsp3) is 0.263. The molecule has 2 rings (SSSR count). The summed E-state index contributed by atoms with van der Waals surface area (Å²) in [6.45, 7) is 3.46. The van der Waals surface area contributed by atoms with Crippen LogP contribution in [0.4, 0.5) is 0 Å². The Morgan fingerprint density at radius 1 is 0.783 bits per heavy atom. The number of phenols is 2. The molecule has 4 heteroatoms. The molecule has 0 aliphatic heterocycles. The minimum absolute atomic E-state index is 0.000144. The third-order valence-corrected chi connectivity index (χ3v) is 3.88. The molecule has 0 aromatic heterocycles. The first-order valence-electron chi connectivity index (χ1n) is 7.55. The molecule has 0 atom stereocenters. The Kier molecular flexibility index (Phi) is 5.16. The van der Waals surface area contributed by atoms with Crippen molar-refractivity contribution < 1.29 is 19.8 Å². The van der Waals surface area contributed by atoms with Crippen LogP contribution in [0.25, 0.3) is 0 Å². The van der Waals surface area contributed by atoms with Gasteiger partial charge in [0.2, 0.25) is 0 Å². The molecule has 120 valence electrons. The van der Waals surface area contributed by atoms with E-state index in [1.165, 1.54) is 0 Å². The second-order valence-electron chi connectivity index (χ2n) is 5.64. The summed E-state index contributed by atoms with van der Waals surface area (Å²) in [5.74, 6) is -0.375. The minimum atomic E-state index is -0.188. The largest absolute Gasteiger partial charge is 0.507 e. The molecule has 0 aliphatic carbocycles. The van der Waals surface area contributed by atoms with Gasteiger partial charge in [-0.15, -0.1) is 0 Å². The summed E-state index contributed by atoms with van der Waals surface area (Å²) in [7, 11) is 0. The predicted molar refractivity (Wildman–Crippen MR) is 88.2 cm³/mol. The van der Waals surface area contributed by atoms with Gasteiger partial charge in [-0.1, -0.05) is 24.3 Å². The number of hydrogen-bond donors (Lipinski definition) is 2. The van der Waals surface area contributed by atoms with Crippen LogP contribution in [0.1, 0.15) is 51.1 Å². The maximum absolute atomic E-state index is 12.1. The molecule has 0 heterocycles. The van der Waals surface area contributed by atoms with Gasteiger partial charge in [-0.05, 0) is 43.5 Å². The number of aromatic hydroxyl groups is 2. The van der Waals surface area contributed by atoms with Gasteiger partial charge in [-0.2, -0.15) is 0 Å². The number of rotatable bonds is 6. The molecule has 2 aromatic rings. The summed E-state index contributed by atoms with van der Waals surface area (Å²) in [6, 6.07) is 10.1. The molecule has 4 nitrogen and oxygen atoms in total. The molecule has 23 heavy (non-hydrogen) atoms. The molecular formula is C19H20O4. The van der Waals surface area contributed by atoms with Gasteiger partial charge in [0.1, 0.15) is 11.5 Å². The maximum Gasteiger partial charge on any atom is 0.166 e. The van der Waals surface area contributed by atoms with Crippen molar-refractivity contribution in [1.29, 1.82) is 0 Å². The van der Waals surface area contributed by atoms with E-state index < -0.39 is 0 Å². The van der Waals surface area contributed by atoms with E-state index in [9.17, 15) is 19.8 Å². The number of hydrogen-bond acceptors (Lipinski definition) is 4. The van der Waals surface area contributed by atoms with Crippen molar-refractivity contribution in [3.8, 4) is 11.5 Å². The fourth-order valence-corrected chi connectivity index (χ4v) is 2.45. The van der Waals surface area contributed by atoms with Crippen LogP contribution in [-0.2, 0) is 0 Å². The van der Waals surface area contributed by atoms with E-state index in [4.69, 9.17) is 0 Å². The highest BCUT2D eigenvalue weighted by atomic mass is 16.3. The quantitative estimate of drug-likeness (QED) is 0.792. The van der Waals surface area contributed by atoms with E-state index in [0.717, 1.165) is 0 Å². The summed E-state index contributed by atoms with van der Waals surface area (Å²) in [5.41, 5.74) is 1.87. The average molecular weight is 312 g/mol. The summed E-state index contributed by atoms with van der Waals surface area (Å²) >= 11 is 0. The number of carbonyl (C=O) groups is 2. The van der Waals surface area contributed by atoms with Crippen molar-refractivity contribution in [3.63, 3.8) is 0 Å². The zero-order chi connectivity index (χ0) is 17.0. The zero-order valence-corrected chi connectivity index (χ0v) is 13.3. The van der Waals surface area contributed by atoms with Gasteiger partial charge in [0.25, 0.3) is 0 Å². The SMILES string of the molecule is Cc1cccc(C(=O)CCCC(=O)c2cccc(C)c2O)c1O. The highest BCUT2D eigenvalue weighted by Gasteiger charge is 2.15. The predicted octanol–water partition coefficient (Wildman–Crippen LogP) is 3.95. The first-order chi connectivity index (χ1) is 10.9. The molecule has 0 unspecified atom stereocenters. The minimum Gasteiger partial charge on any atom is -0.507 e. The smallest absolute Gasteiger partial charge is 0.166 e. The number of aryl methyl sites for hydroxylation is 2. The van der Waals surface area contributed by atoms with Crippen LogP contribution < -0.4 is 0 Å². The van der Waals surface area contributed by atoms with Crippen LogP contribution in [0.15, 0.2) is 36.4 Å². The van der Waals surface area contributed by atoms with Crippen molar-refractivity contribution in [2.45, 2.75) is 33.1 Å². The lowest BCUT2D eigenvalue weighted by molar-refractivity contribution is 0.0955. The van der Waals surface area contributed by atoms with Gasteiger partial charge in [0.05, 0.1) is 11.1 Å². The lowest BCUT2D eigenvalue weighted by Gasteiger charge is -2.07. The van der Waals surface area contributed by atoms with E-state index >= 15 is 0 Å². The van der Waals surface area contributed by atoms with E-state index in [2.05, 4.69) is 0 Å². The molecule has 0 radical (unpaired) electrons. The van der Waals surface area contributed by atoms with Crippen molar-refractivity contribution in [1.82, 2.24) is 0 Å². The molecule has 0 fully saturated rings. The van der Waals surface area contributed by atoms with Crippen LogP contribution >= 0.6 is 0 Å². The first-order valence-corrected chi connectivity index (χ1v) is 7.55. The molecule has 0 aliphatic rings. The van der Waals surface area contributed by atoms with E-state index in [1.807, 2.05) is 0 Å². The van der Waals surface area contributed by atoms with Crippen molar-refractivity contribution in [2.24, 2.45) is 0 Å². The molecule has 0 bridgehead atoms. The molecule has 0 saturated heterocycles. The Bertz CT molecular complexity index is 684. The van der Waals surface area contributed by atoms with Gasteiger partial charge in [-0.25, -0.2) is 0 Å². The van der Waals surface area contributed by atoms with Crippen molar-refractivity contribution in [2.75, 3.05) is 0 Å². The number of Topliss-reactive ketones (excluding diaryl/α,β-unsaturated/α-hetero) is 2. The number of carbonyl (C=O) groups excluding carboxylic acids is 2. The van der Waals surface area contributed by atoms with Crippen LogP contribution in [0.3, 0.4) is 0 Å². The molecule has 2 aromatic carbocycles. The fourth-order valence-electron chi connectivity index (χ4n) is 2.45. The number of benzene rings is 2. The molecule has 2 N–H and O–H groups in total. The standard InChI is InChI=1S/C19H20O4/c1-12-6-3-8-14(18(12)22)16(20)10-5-11-17(21)15-9-4-7-13(2)19(15)23/h3-4,6-9,22-23H,5,10-11H2,1-2H3. The number of phenolic OH excluding ortho intramolecular Hbond substituents is 2. The Morgan fingerprint density at radius 2 is 1.17 bits per heavy atom. The number of ketones is 2. The first kappa shape index (κ1) is 16.7. The topological polar surface area (TPSA) is 74.6 Å². The van der Waals surface area contributed by atoms with Crippen molar-refractivity contribution in [3.05, 3.63) is 58.7 Å². The Balaban J connectivity index is 1.97. The van der Waals surface area contributed by atoms with Gasteiger partial charge in [0.15, 0.2) is 11.6 Å². The second-order valence-corrected chi connectivity index (χ2v) is 5.64. The summed E-state index contributed by atoms with van der Waals surface area (Å²) in [6.07, 6.45) is 0.725. The van der Waals surface area contributed by atoms with Gasteiger partial charge < -0.3 is 10.2 Å². The normalized spacial score (nSPS) is 10.5. The van der Waals surface area contributed by atoms with Crippen LogP contribution in [0, 0.1) is 13.8 Å². The van der Waals surface area contributed by atoms with Crippen LogP contribution in [-0.4, -0.2) is 21.8 Å². The Labute approximate surface area is 135 Å². The highest BCUT2D eigenvalue weighted by molar-refractivity contribution is 6.01. The molecular weight excluding hydrogens is 292 g/mol. The second kappa shape index (κ2) is 7.09. The summed E-state index contributed by atoms with van der Waals surface area (Å²) in [5, 5.41) is 19.8. The molecule has 0 saturated carbocycles. The Hall–Kier alpha value is -2.62. The van der Waals surface area contributed by atoms with E-state index in [0.29, 0.717) is 17.5 Å². The highest BCUT2D eigenvalue weighted by Crippen LogP contribution is 2.25. The van der Waals surface area contributed by atoms with E-state index in [1.54, 1.807) is 50.2 Å². The molecule has 0 amide bonds. The molecule has 0 spiro atoms. The monoisotopic (exact) mass is 312 g/mol. The third kappa shape index (κ3) is 3.77. The zero-order valence-electron chi connectivity index (χ0n) is 13.3. The third-order valence-electron chi connectivity index (χ3n) is 3.88. The van der Waals surface area contributed by atoms with Gasteiger partial charge >= 0.3 is 0 Å². The lowest BCUT2D eigenvalue weighted by atomic mass is 9.98. The lowest BCUT2D eigenvalue weighted by Crippen LogP contribution is -2.04. The van der Waals surface area contributed by atoms with Crippen molar-refractivity contribution >= 4 is 11.6 Å². The van der Waals surface area contributed by atoms with E-state index in [-0.39, 0.29) is 47.0 Å². The average Bonchev–Trinajstić information content (AvgIpc) is 2.52. The number of para-hydroxylation sites is 2. The van der Waals surface area contributed by atoms with Gasteiger partial charge in [0, 0.05) is 12.8 Å². The summed E-state index contributed by atoms with van der Waals surface area (Å²) < 4.78 is 0. The Morgan fingerprint density at radius 3 is 1.57 bits per heavy atom. The van der Waals surface area contributed by atoms with Gasteiger partial charge in [-0.3, -0.25) is 9.59 Å². The van der Waals surface area contributed by atoms with Crippen LogP contribution in [0.5, 0.6) is 11.5 Å². The summed E-state index contributed by atoms with van der Waals surface area (Å²) in [4.78, 5) is 24.3.